The topological polar surface area (TPSA) is 63.2 Å². The lowest BCUT2D eigenvalue weighted by molar-refractivity contribution is 0.577. The van der Waals surface area contributed by atoms with Gasteiger partial charge in [0.15, 0.2) is 0 Å². The van der Waals surface area contributed by atoms with Crippen LogP contribution < -0.4 is 4.72 Å². The Hall–Kier alpha value is 0.240. The van der Waals surface area contributed by atoms with Gasteiger partial charge in [0.1, 0.15) is 0 Å². The third-order valence-corrected chi connectivity index (χ3v) is 7.18. The van der Waals surface area contributed by atoms with Crippen molar-refractivity contribution in [3.8, 4) is 0 Å². The largest absolute Gasteiger partial charge is 0.260 e. The summed E-state index contributed by atoms with van der Waals surface area (Å²) in [5, 5.41) is -0.0111. The molecule has 0 aromatic carbocycles. The minimum absolute atomic E-state index is 0.0111. The highest BCUT2D eigenvalue weighted by Crippen LogP contribution is 2.29. The lowest BCUT2D eigenvalue weighted by Gasteiger charge is -2.09. The lowest BCUT2D eigenvalue weighted by Crippen LogP contribution is -2.27. The Morgan fingerprint density at radius 1 is 1.56 bits per heavy atom. The maximum atomic E-state index is 12.0. The van der Waals surface area contributed by atoms with Gasteiger partial charge in [-0.3, -0.25) is 4.21 Å². The Bertz CT molecular complexity index is 539. The number of hydrogen-bond acceptors (Lipinski definition) is 4. The summed E-state index contributed by atoms with van der Waals surface area (Å²) in [7, 11) is -4.38. The molecule has 1 aromatic heterocycles. The molecule has 0 aliphatic rings. The van der Waals surface area contributed by atoms with E-state index in [0.717, 1.165) is 8.66 Å². The predicted molar refractivity (Wildman–Crippen MR) is 80.1 cm³/mol. The summed E-state index contributed by atoms with van der Waals surface area (Å²) in [5.74, 6) is 0. The van der Waals surface area contributed by atoms with Crippen LogP contribution >= 0.6 is 27.3 Å². The third kappa shape index (κ3) is 4.41. The summed E-state index contributed by atoms with van der Waals surface area (Å²) < 4.78 is 38.5. The molecule has 1 rings (SSSR count). The van der Waals surface area contributed by atoms with Crippen LogP contribution in [0.2, 0.25) is 0 Å². The number of hydrogen-bond donors (Lipinski definition) is 1. The zero-order valence-electron chi connectivity index (χ0n) is 10.4. The maximum absolute atomic E-state index is 12.0. The minimum atomic E-state index is -3.46. The molecular formula is C10H16BrNO3S3. The van der Waals surface area contributed by atoms with Crippen molar-refractivity contribution in [2.24, 2.45) is 0 Å². The summed E-state index contributed by atoms with van der Waals surface area (Å²) in [6, 6.07) is 1.60. The monoisotopic (exact) mass is 373 g/mol. The molecule has 0 aliphatic heterocycles. The molecule has 0 saturated carbocycles. The molecule has 1 heterocycles. The van der Waals surface area contributed by atoms with Gasteiger partial charge >= 0.3 is 0 Å². The van der Waals surface area contributed by atoms with Gasteiger partial charge in [-0.1, -0.05) is 6.92 Å². The first kappa shape index (κ1) is 16.3. The summed E-state index contributed by atoms with van der Waals surface area (Å²) in [4.78, 5) is 1.06. The number of thiophene rings is 1. The van der Waals surface area contributed by atoms with E-state index in [1.54, 1.807) is 19.2 Å². The van der Waals surface area contributed by atoms with Gasteiger partial charge < -0.3 is 0 Å². The molecule has 0 bridgehead atoms. The molecule has 18 heavy (non-hydrogen) atoms. The van der Waals surface area contributed by atoms with Crippen molar-refractivity contribution in [3.63, 3.8) is 0 Å². The Labute approximate surface area is 123 Å². The van der Waals surface area contributed by atoms with Crippen LogP contribution in [0.25, 0.3) is 0 Å². The Morgan fingerprint density at radius 3 is 2.61 bits per heavy atom. The molecule has 104 valence electrons. The van der Waals surface area contributed by atoms with Gasteiger partial charge in [0, 0.05) is 33.7 Å². The highest BCUT2D eigenvalue weighted by molar-refractivity contribution is 9.11. The van der Waals surface area contributed by atoms with Crippen LogP contribution in [0.3, 0.4) is 0 Å². The van der Waals surface area contributed by atoms with Crippen molar-refractivity contribution in [3.05, 3.63) is 14.7 Å². The van der Waals surface area contributed by atoms with Crippen LogP contribution in [0.4, 0.5) is 0 Å². The average molecular weight is 374 g/mol. The van der Waals surface area contributed by atoms with E-state index < -0.39 is 20.8 Å². The van der Waals surface area contributed by atoms with E-state index in [1.165, 1.54) is 11.3 Å². The summed E-state index contributed by atoms with van der Waals surface area (Å²) in [6.07, 6.45) is 2.19. The first-order valence-corrected chi connectivity index (χ1v) is 10.0. The van der Waals surface area contributed by atoms with Crippen LogP contribution in [-0.4, -0.2) is 30.7 Å². The molecule has 8 heteroatoms. The van der Waals surface area contributed by atoms with Crippen LogP contribution in [0.5, 0.6) is 0 Å². The van der Waals surface area contributed by atoms with Gasteiger partial charge in [-0.25, -0.2) is 13.1 Å². The number of sulfonamides is 1. The van der Waals surface area contributed by atoms with Crippen molar-refractivity contribution in [2.45, 2.75) is 30.4 Å². The average Bonchev–Trinajstić information content (AvgIpc) is 2.58. The molecule has 0 aliphatic carbocycles. The fraction of sp³-hybridized carbons (Fsp3) is 0.600. The number of aryl methyl sites for hydroxylation is 1. The summed E-state index contributed by atoms with van der Waals surface area (Å²) in [6.45, 7) is 3.92. The van der Waals surface area contributed by atoms with Gasteiger partial charge in [0.2, 0.25) is 10.0 Å². The molecule has 0 saturated heterocycles. The highest BCUT2D eigenvalue weighted by Gasteiger charge is 2.19. The van der Waals surface area contributed by atoms with Crippen LogP contribution in [0, 0.1) is 6.92 Å². The van der Waals surface area contributed by atoms with Gasteiger partial charge in [-0.05, 0) is 35.3 Å². The maximum Gasteiger partial charge on any atom is 0.241 e. The molecular weight excluding hydrogens is 358 g/mol. The zero-order valence-corrected chi connectivity index (χ0v) is 14.4. The van der Waals surface area contributed by atoms with E-state index in [2.05, 4.69) is 20.7 Å². The second kappa shape index (κ2) is 6.60. The lowest BCUT2D eigenvalue weighted by atomic mass is 10.3. The van der Waals surface area contributed by atoms with E-state index >= 15 is 0 Å². The number of halogens is 1. The van der Waals surface area contributed by atoms with Crippen LogP contribution in [0.15, 0.2) is 14.7 Å². The summed E-state index contributed by atoms with van der Waals surface area (Å²) >= 11 is 4.66. The van der Waals surface area contributed by atoms with Crippen molar-refractivity contribution in [1.82, 2.24) is 4.72 Å². The number of nitrogens with one attached hydrogen (secondary N) is 1. The quantitative estimate of drug-likeness (QED) is 0.831. The highest BCUT2D eigenvalue weighted by atomic mass is 79.9. The zero-order chi connectivity index (χ0) is 13.9. The predicted octanol–water partition coefficient (Wildman–Crippen LogP) is 2.25. The molecule has 0 fully saturated rings. The second-order valence-corrected chi connectivity index (χ2v) is 10.1. The van der Waals surface area contributed by atoms with Crippen molar-refractivity contribution < 1.29 is 12.6 Å². The molecule has 1 aromatic rings. The van der Waals surface area contributed by atoms with Crippen molar-refractivity contribution in [2.75, 3.05) is 12.8 Å². The van der Waals surface area contributed by atoms with Crippen LogP contribution in [-0.2, 0) is 20.8 Å². The van der Waals surface area contributed by atoms with Gasteiger partial charge in [-0.15, -0.1) is 11.3 Å². The van der Waals surface area contributed by atoms with Crippen LogP contribution in [0.1, 0.15) is 18.2 Å². The molecule has 0 spiro atoms. The third-order valence-electron chi connectivity index (χ3n) is 2.54. The molecule has 0 radical (unpaired) electrons. The molecule has 0 amide bonds. The van der Waals surface area contributed by atoms with E-state index in [4.69, 9.17) is 0 Å². The second-order valence-electron chi connectivity index (χ2n) is 3.97. The Balaban J connectivity index is 2.66. The van der Waals surface area contributed by atoms with E-state index in [9.17, 15) is 12.6 Å². The first-order chi connectivity index (χ1) is 8.24. The number of rotatable bonds is 6. The smallest absolute Gasteiger partial charge is 0.241 e. The molecule has 2 atom stereocenters. The van der Waals surface area contributed by atoms with Crippen molar-refractivity contribution in [1.29, 1.82) is 0 Å². The standard InChI is InChI=1S/C10H16BrNO3S3/c1-7(17(3)13)4-5-12-18(14,15)9-6-10(11)16-8(9)2/h6-7,12H,4-5H2,1-3H3. The van der Waals surface area contributed by atoms with E-state index in [0.29, 0.717) is 17.9 Å². The normalized spacial score (nSPS) is 15.6. The van der Waals surface area contributed by atoms with E-state index in [-0.39, 0.29) is 5.25 Å². The SMILES string of the molecule is Cc1sc(Br)cc1S(=O)(=O)NCCC(C)S(C)=O. The van der Waals surface area contributed by atoms with E-state index in [1.807, 2.05) is 6.92 Å². The molecule has 1 N–H and O–H groups in total. The van der Waals surface area contributed by atoms with Crippen molar-refractivity contribution >= 4 is 48.1 Å². The fourth-order valence-corrected chi connectivity index (χ4v) is 5.25. The van der Waals surface area contributed by atoms with Gasteiger partial charge in [-0.2, -0.15) is 0 Å². The van der Waals surface area contributed by atoms with Gasteiger partial charge in [0.05, 0.1) is 8.68 Å². The Kier molecular flexibility index (Phi) is 5.98. The Morgan fingerprint density at radius 2 is 2.17 bits per heavy atom. The fourth-order valence-electron chi connectivity index (χ4n) is 1.34. The minimum Gasteiger partial charge on any atom is -0.260 e. The molecule has 2 unspecified atom stereocenters. The molecule has 4 nitrogen and oxygen atoms in total. The first-order valence-electron chi connectivity index (χ1n) is 5.32. The summed E-state index contributed by atoms with van der Waals surface area (Å²) in [5.41, 5.74) is 0. The van der Waals surface area contributed by atoms with Gasteiger partial charge in [0.25, 0.3) is 0 Å².